The number of anilines is 1. The Bertz CT molecular complexity index is 1280. The number of ether oxygens (including phenoxy) is 1. The predicted octanol–water partition coefficient (Wildman–Crippen LogP) is 5.66. The molecule has 4 rings (SSSR count). The molecule has 34 heavy (non-hydrogen) atoms. The van der Waals surface area contributed by atoms with Gasteiger partial charge in [0.25, 0.3) is 0 Å². The Hall–Kier alpha value is -3.62. The van der Waals surface area contributed by atoms with Crippen molar-refractivity contribution < 1.29 is 9.53 Å². The molecule has 9 heteroatoms. The Labute approximate surface area is 206 Å². The number of nitrogens with zero attached hydrogens (tertiary/aromatic N) is 4. The maximum Gasteiger partial charge on any atom is 0.242 e. The van der Waals surface area contributed by atoms with Gasteiger partial charge in [0.05, 0.1) is 12.1 Å². The topological polar surface area (TPSA) is 81.9 Å². The molecule has 0 fully saturated rings. The first-order chi connectivity index (χ1) is 16.6. The van der Waals surface area contributed by atoms with Crippen LogP contribution in [0.3, 0.4) is 0 Å². The van der Waals surface area contributed by atoms with Crippen LogP contribution in [0.4, 0.5) is 5.69 Å². The molecule has 0 aliphatic rings. The van der Waals surface area contributed by atoms with Crippen molar-refractivity contribution in [3.8, 4) is 17.1 Å². The van der Waals surface area contributed by atoms with E-state index in [1.165, 1.54) is 11.8 Å². The zero-order valence-corrected chi connectivity index (χ0v) is 20.0. The number of amides is 1. The second kappa shape index (κ2) is 11.0. The van der Waals surface area contributed by atoms with Crippen LogP contribution >= 0.6 is 23.4 Å². The van der Waals surface area contributed by atoms with E-state index in [9.17, 15) is 4.79 Å². The molecule has 7 nitrogen and oxygen atoms in total. The van der Waals surface area contributed by atoms with Crippen molar-refractivity contribution in [1.29, 1.82) is 0 Å². The van der Waals surface area contributed by atoms with Crippen LogP contribution in [0.1, 0.15) is 10.8 Å². The normalized spacial score (nSPS) is 11.6. The molecule has 172 valence electrons. The fourth-order valence-electron chi connectivity index (χ4n) is 3.34. The molecule has 2 heterocycles. The van der Waals surface area contributed by atoms with E-state index in [4.69, 9.17) is 16.3 Å². The van der Waals surface area contributed by atoms with Gasteiger partial charge in [-0.15, -0.1) is 16.8 Å². The Morgan fingerprint density at radius 2 is 1.94 bits per heavy atom. The molecule has 0 aliphatic heterocycles. The first-order valence-electron chi connectivity index (χ1n) is 10.4. The van der Waals surface area contributed by atoms with E-state index in [-0.39, 0.29) is 5.91 Å². The minimum Gasteiger partial charge on any atom is -0.495 e. The Kier molecular flexibility index (Phi) is 7.61. The zero-order valence-electron chi connectivity index (χ0n) is 18.4. The minimum atomic E-state index is -0.583. The summed E-state index contributed by atoms with van der Waals surface area (Å²) in [4.78, 5) is 17.5. The molecular formula is C25H22ClN5O2S. The first-order valence-corrected chi connectivity index (χ1v) is 11.7. The molecule has 2 aromatic carbocycles. The number of halogens is 1. The smallest absolute Gasteiger partial charge is 0.242 e. The number of carbonyl (C=O) groups is 1. The van der Waals surface area contributed by atoms with Crippen LogP contribution in [-0.4, -0.2) is 32.8 Å². The van der Waals surface area contributed by atoms with Crippen LogP contribution in [-0.2, 0) is 11.3 Å². The molecule has 1 atom stereocenters. The summed E-state index contributed by atoms with van der Waals surface area (Å²) in [6.07, 6.45) is 5.18. The predicted molar refractivity (Wildman–Crippen MR) is 135 cm³/mol. The highest BCUT2D eigenvalue weighted by Gasteiger charge is 2.26. The van der Waals surface area contributed by atoms with Crippen molar-refractivity contribution >= 4 is 35.0 Å². The largest absolute Gasteiger partial charge is 0.495 e. The van der Waals surface area contributed by atoms with E-state index < -0.39 is 5.25 Å². The fraction of sp³-hybridized carbons (Fsp3) is 0.120. The van der Waals surface area contributed by atoms with Crippen molar-refractivity contribution in [3.05, 3.63) is 96.3 Å². The van der Waals surface area contributed by atoms with Crippen molar-refractivity contribution in [3.63, 3.8) is 0 Å². The molecule has 0 saturated carbocycles. The summed E-state index contributed by atoms with van der Waals surface area (Å²) in [7, 11) is 1.54. The standard InChI is InChI=1S/C25H22ClN5O2S/c1-3-15-31-23(18-11-13-27-14-12-18)29-30-25(31)34-22(17-7-5-4-6-8-17)24(32)28-19-9-10-21(33-2)20(26)16-19/h3-14,16,22H,1,15H2,2H3,(H,28,32). The van der Waals surface area contributed by atoms with Gasteiger partial charge in [0, 0.05) is 30.2 Å². The van der Waals surface area contributed by atoms with Crippen molar-refractivity contribution in [2.24, 2.45) is 0 Å². The van der Waals surface area contributed by atoms with Gasteiger partial charge < -0.3 is 10.1 Å². The Morgan fingerprint density at radius 3 is 2.62 bits per heavy atom. The summed E-state index contributed by atoms with van der Waals surface area (Å²) < 4.78 is 7.13. The third-order valence-electron chi connectivity index (χ3n) is 4.95. The van der Waals surface area contributed by atoms with Crippen molar-refractivity contribution in [2.45, 2.75) is 17.0 Å². The molecule has 0 aliphatic carbocycles. The van der Waals surface area contributed by atoms with E-state index in [1.807, 2.05) is 47.0 Å². The van der Waals surface area contributed by atoms with Crippen LogP contribution in [0.15, 0.2) is 90.9 Å². The SMILES string of the molecule is C=CCn1c(SC(C(=O)Nc2ccc(OC)c(Cl)c2)c2ccccc2)nnc1-c1ccncc1. The molecule has 0 spiro atoms. The van der Waals surface area contributed by atoms with E-state index in [2.05, 4.69) is 27.1 Å². The summed E-state index contributed by atoms with van der Waals surface area (Å²) in [5.74, 6) is 1.00. The molecular weight excluding hydrogens is 470 g/mol. The van der Waals surface area contributed by atoms with E-state index in [0.717, 1.165) is 11.1 Å². The number of pyridine rings is 1. The molecule has 0 bridgehead atoms. The van der Waals surface area contributed by atoms with Gasteiger partial charge in [0.1, 0.15) is 11.0 Å². The van der Waals surface area contributed by atoms with Gasteiger partial charge in [-0.3, -0.25) is 14.3 Å². The van der Waals surface area contributed by atoms with Crippen LogP contribution in [0.25, 0.3) is 11.4 Å². The average molecular weight is 492 g/mol. The molecule has 1 N–H and O–H groups in total. The number of hydrogen-bond acceptors (Lipinski definition) is 6. The minimum absolute atomic E-state index is 0.212. The molecule has 4 aromatic rings. The Balaban J connectivity index is 1.66. The number of carbonyl (C=O) groups excluding carboxylic acids is 1. The van der Waals surface area contributed by atoms with Crippen LogP contribution in [0.2, 0.25) is 5.02 Å². The average Bonchev–Trinajstić information content (AvgIpc) is 3.26. The lowest BCUT2D eigenvalue weighted by molar-refractivity contribution is -0.115. The first kappa shape index (κ1) is 23.5. The van der Waals surface area contributed by atoms with Gasteiger partial charge in [-0.1, -0.05) is 59.8 Å². The summed E-state index contributed by atoms with van der Waals surface area (Å²) in [6, 6.07) is 18.4. The third kappa shape index (κ3) is 5.30. The third-order valence-corrected chi connectivity index (χ3v) is 6.48. The summed E-state index contributed by atoms with van der Waals surface area (Å²) in [5, 5.41) is 12.2. The number of allylic oxidation sites excluding steroid dienone is 1. The zero-order chi connectivity index (χ0) is 23.9. The number of methoxy groups -OCH3 is 1. The molecule has 0 saturated heterocycles. The monoisotopic (exact) mass is 491 g/mol. The quantitative estimate of drug-likeness (QED) is 0.240. The highest BCUT2D eigenvalue weighted by atomic mass is 35.5. The summed E-state index contributed by atoms with van der Waals surface area (Å²) in [5.41, 5.74) is 2.29. The van der Waals surface area contributed by atoms with Gasteiger partial charge in [-0.25, -0.2) is 0 Å². The summed E-state index contributed by atoms with van der Waals surface area (Å²) >= 11 is 7.56. The van der Waals surface area contributed by atoms with Gasteiger partial charge in [0.2, 0.25) is 5.91 Å². The summed E-state index contributed by atoms with van der Waals surface area (Å²) in [6.45, 7) is 4.35. The van der Waals surface area contributed by atoms with Gasteiger partial charge in [0.15, 0.2) is 11.0 Å². The lowest BCUT2D eigenvalue weighted by Gasteiger charge is -2.17. The lowest BCUT2D eigenvalue weighted by atomic mass is 10.1. The Morgan fingerprint density at radius 1 is 1.18 bits per heavy atom. The maximum absolute atomic E-state index is 13.4. The number of benzene rings is 2. The van der Waals surface area contributed by atoms with Gasteiger partial charge >= 0.3 is 0 Å². The van der Waals surface area contributed by atoms with Crippen LogP contribution in [0, 0.1) is 0 Å². The molecule has 1 unspecified atom stereocenters. The van der Waals surface area contributed by atoms with Crippen LogP contribution in [0.5, 0.6) is 5.75 Å². The molecule has 2 aromatic heterocycles. The van der Waals surface area contributed by atoms with Crippen molar-refractivity contribution in [2.75, 3.05) is 12.4 Å². The molecule has 1 amide bonds. The van der Waals surface area contributed by atoms with E-state index in [0.29, 0.717) is 34.0 Å². The highest BCUT2D eigenvalue weighted by molar-refractivity contribution is 8.00. The van der Waals surface area contributed by atoms with Crippen molar-refractivity contribution in [1.82, 2.24) is 19.7 Å². The van der Waals surface area contributed by atoms with Crippen LogP contribution < -0.4 is 10.1 Å². The number of thioether (sulfide) groups is 1. The number of hydrogen-bond donors (Lipinski definition) is 1. The fourth-order valence-corrected chi connectivity index (χ4v) is 4.65. The van der Waals surface area contributed by atoms with E-state index in [1.54, 1.807) is 43.8 Å². The second-order valence-corrected chi connectivity index (χ2v) is 8.67. The highest BCUT2D eigenvalue weighted by Crippen LogP contribution is 2.37. The lowest BCUT2D eigenvalue weighted by Crippen LogP contribution is -2.19. The number of aromatic nitrogens is 4. The van der Waals surface area contributed by atoms with Gasteiger partial charge in [-0.2, -0.15) is 0 Å². The number of nitrogens with one attached hydrogen (secondary N) is 1. The van der Waals surface area contributed by atoms with Gasteiger partial charge in [-0.05, 0) is 35.9 Å². The number of rotatable bonds is 9. The second-order valence-electron chi connectivity index (χ2n) is 7.19. The molecule has 0 radical (unpaired) electrons. The van der Waals surface area contributed by atoms with E-state index >= 15 is 0 Å². The maximum atomic E-state index is 13.4.